The molecule has 7 atom stereocenters. The number of fused-ring (bicyclic) bond motifs is 1. The Morgan fingerprint density at radius 2 is 1.86 bits per heavy atom. The zero-order chi connectivity index (χ0) is 25.2. The Hall–Kier alpha value is -0.970. The number of amides is 3. The first-order chi connectivity index (χ1) is 16.8. The Labute approximate surface area is 216 Å². The number of carbonyl (C=O) groups is 3. The summed E-state index contributed by atoms with van der Waals surface area (Å²) in [7, 11) is 0.983. The molecule has 1 saturated carbocycles. The number of imide groups is 1. The standard InChI is InChI=1S/C25H44N4O4S2/c1-5-9-18-20-19(12-14-29(18)3)34-23(26-20)22(31)27-24-17(13-15-35(24,4)6-2)21(30)28-25(32)33-16-10-7-8-11-16/h16-20,23-24,26H,5-15H2,1-4H3,(H,27,31)(H,28,30,32). The predicted molar refractivity (Wildman–Crippen MR) is 144 cm³/mol. The van der Waals surface area contributed by atoms with Gasteiger partial charge in [-0.3, -0.25) is 20.2 Å². The molecule has 8 nitrogen and oxygen atoms in total. The fourth-order valence-electron chi connectivity index (χ4n) is 6.29. The molecule has 3 amide bonds. The largest absolute Gasteiger partial charge is 0.446 e. The van der Waals surface area contributed by atoms with Crippen molar-refractivity contribution in [1.29, 1.82) is 0 Å². The topological polar surface area (TPSA) is 99.8 Å². The second-order valence-electron chi connectivity index (χ2n) is 10.8. The number of likely N-dealkylation sites (N-methyl/N-ethyl adjacent to an activating group) is 1. The molecule has 0 radical (unpaired) electrons. The Morgan fingerprint density at radius 1 is 1.11 bits per heavy atom. The summed E-state index contributed by atoms with van der Waals surface area (Å²) in [6, 6.07) is 0.763. The Morgan fingerprint density at radius 3 is 2.54 bits per heavy atom. The van der Waals surface area contributed by atoms with E-state index < -0.39 is 22.0 Å². The minimum Gasteiger partial charge on any atom is -0.446 e. The first-order valence-corrected chi connectivity index (χ1v) is 16.8. The maximum atomic E-state index is 13.5. The van der Waals surface area contributed by atoms with Gasteiger partial charge < -0.3 is 15.0 Å². The predicted octanol–water partition coefficient (Wildman–Crippen LogP) is 3.00. The van der Waals surface area contributed by atoms with E-state index in [0.717, 1.165) is 63.0 Å². The Kier molecular flexibility index (Phi) is 8.98. The number of nitrogens with zero attached hydrogens (tertiary/aromatic N) is 1. The Balaban J connectivity index is 1.39. The number of hydrogen-bond donors (Lipinski definition) is 3. The van der Waals surface area contributed by atoms with Crippen LogP contribution in [0.15, 0.2) is 0 Å². The number of carbonyl (C=O) groups excluding carboxylic acids is 3. The van der Waals surface area contributed by atoms with Crippen molar-refractivity contribution >= 4 is 39.7 Å². The van der Waals surface area contributed by atoms with Gasteiger partial charge in [-0.15, -0.1) is 11.8 Å². The Bertz CT molecular complexity index is 795. The van der Waals surface area contributed by atoms with Gasteiger partial charge in [-0.05, 0) is 76.3 Å². The molecule has 0 aromatic carbocycles. The average molecular weight is 529 g/mol. The highest BCUT2D eigenvalue weighted by molar-refractivity contribution is 8.33. The van der Waals surface area contributed by atoms with Crippen molar-refractivity contribution in [3.63, 3.8) is 0 Å². The van der Waals surface area contributed by atoms with E-state index in [-0.39, 0.29) is 28.7 Å². The lowest BCUT2D eigenvalue weighted by Gasteiger charge is -2.40. The van der Waals surface area contributed by atoms with Crippen molar-refractivity contribution in [1.82, 2.24) is 20.9 Å². The summed E-state index contributed by atoms with van der Waals surface area (Å²) in [4.78, 5) is 41.4. The number of likely N-dealkylation sites (tertiary alicyclic amines) is 1. The van der Waals surface area contributed by atoms with Crippen molar-refractivity contribution in [2.24, 2.45) is 5.92 Å². The molecule has 4 fully saturated rings. The number of nitrogens with one attached hydrogen (secondary N) is 3. The van der Waals surface area contributed by atoms with Crippen LogP contribution < -0.4 is 16.0 Å². The van der Waals surface area contributed by atoms with E-state index in [9.17, 15) is 14.4 Å². The normalized spacial score (nSPS) is 39.5. The van der Waals surface area contributed by atoms with Gasteiger partial charge in [0, 0.05) is 17.3 Å². The maximum absolute atomic E-state index is 13.5. The van der Waals surface area contributed by atoms with Crippen molar-refractivity contribution in [3.8, 4) is 0 Å². The second-order valence-corrected chi connectivity index (χ2v) is 16.4. The first-order valence-electron chi connectivity index (χ1n) is 13.4. The van der Waals surface area contributed by atoms with Crippen LogP contribution in [-0.4, -0.2) is 88.3 Å². The molecule has 200 valence electrons. The molecule has 10 heteroatoms. The third kappa shape index (κ3) is 5.96. The van der Waals surface area contributed by atoms with E-state index in [4.69, 9.17) is 4.74 Å². The third-order valence-corrected chi connectivity index (χ3v) is 14.2. The lowest BCUT2D eigenvalue weighted by atomic mass is 9.93. The van der Waals surface area contributed by atoms with Crippen LogP contribution in [0.25, 0.3) is 0 Å². The summed E-state index contributed by atoms with van der Waals surface area (Å²) >= 11 is 1.75. The SMILES string of the molecule is CCCC1C2NC(C(=O)NC3C(C(=O)NC(=O)OC4CCCC4)CCS3(C)CC)SC2CCN1C. The highest BCUT2D eigenvalue weighted by Crippen LogP contribution is 2.57. The summed E-state index contributed by atoms with van der Waals surface area (Å²) in [6.07, 6.45) is 9.37. The van der Waals surface area contributed by atoms with Crippen LogP contribution in [0.5, 0.6) is 0 Å². The molecule has 3 saturated heterocycles. The van der Waals surface area contributed by atoms with Gasteiger partial charge in [-0.2, -0.15) is 0 Å². The summed E-state index contributed by atoms with van der Waals surface area (Å²) in [6.45, 7) is 5.42. The van der Waals surface area contributed by atoms with E-state index in [1.165, 1.54) is 0 Å². The summed E-state index contributed by atoms with van der Waals surface area (Å²) in [5, 5.41) is 9.34. The van der Waals surface area contributed by atoms with Gasteiger partial charge in [0.25, 0.3) is 0 Å². The second kappa shape index (κ2) is 11.6. The molecule has 3 heterocycles. The highest BCUT2D eigenvalue weighted by atomic mass is 32.3. The minimum absolute atomic E-state index is 0.0206. The molecule has 0 aromatic rings. The van der Waals surface area contributed by atoms with E-state index >= 15 is 0 Å². The lowest BCUT2D eigenvalue weighted by molar-refractivity contribution is -0.125. The molecular formula is C25H44N4O4S2. The summed E-state index contributed by atoms with van der Waals surface area (Å²) in [5.74, 6) is 1.13. The van der Waals surface area contributed by atoms with Crippen molar-refractivity contribution in [2.75, 3.05) is 31.4 Å². The van der Waals surface area contributed by atoms with E-state index in [2.05, 4.69) is 48.0 Å². The monoisotopic (exact) mass is 528 g/mol. The molecule has 0 aromatic heterocycles. The average Bonchev–Trinajstić information content (AvgIpc) is 3.56. The maximum Gasteiger partial charge on any atom is 0.414 e. The van der Waals surface area contributed by atoms with Crippen LogP contribution >= 0.6 is 21.8 Å². The van der Waals surface area contributed by atoms with Gasteiger partial charge in [0.2, 0.25) is 11.8 Å². The molecule has 35 heavy (non-hydrogen) atoms. The van der Waals surface area contributed by atoms with Gasteiger partial charge >= 0.3 is 6.09 Å². The number of ether oxygens (including phenoxy) is 1. The van der Waals surface area contributed by atoms with Crippen molar-refractivity contribution < 1.29 is 19.1 Å². The van der Waals surface area contributed by atoms with Crippen molar-refractivity contribution in [2.45, 2.75) is 99.4 Å². The van der Waals surface area contributed by atoms with Crippen molar-refractivity contribution in [3.05, 3.63) is 0 Å². The summed E-state index contributed by atoms with van der Waals surface area (Å²) in [5.41, 5.74) is 0. The molecule has 7 unspecified atom stereocenters. The van der Waals surface area contributed by atoms with Gasteiger partial charge in [0.15, 0.2) is 0 Å². The van der Waals surface area contributed by atoms with Crippen LogP contribution in [0.3, 0.4) is 0 Å². The zero-order valence-corrected chi connectivity index (χ0v) is 23.3. The summed E-state index contributed by atoms with van der Waals surface area (Å²) < 4.78 is 5.44. The number of rotatable bonds is 7. The smallest absolute Gasteiger partial charge is 0.414 e. The number of alkyl carbamates (subject to hydrolysis) is 1. The van der Waals surface area contributed by atoms with Crippen LogP contribution in [0, 0.1) is 5.92 Å². The van der Waals surface area contributed by atoms with E-state index in [1.54, 1.807) is 11.8 Å². The first kappa shape index (κ1) is 27.1. The highest BCUT2D eigenvalue weighted by Gasteiger charge is 2.49. The molecule has 4 aliphatic rings. The lowest BCUT2D eigenvalue weighted by Crippen LogP contribution is -2.57. The quantitative estimate of drug-likeness (QED) is 0.467. The van der Waals surface area contributed by atoms with Crippen LogP contribution in [0.1, 0.15) is 65.2 Å². The van der Waals surface area contributed by atoms with Gasteiger partial charge in [0.05, 0.1) is 11.3 Å². The fourth-order valence-corrected chi connectivity index (χ4v) is 10.9. The van der Waals surface area contributed by atoms with E-state index in [1.807, 2.05) is 0 Å². The van der Waals surface area contributed by atoms with E-state index in [0.29, 0.717) is 23.8 Å². The zero-order valence-electron chi connectivity index (χ0n) is 21.7. The molecule has 4 rings (SSSR count). The van der Waals surface area contributed by atoms with Gasteiger partial charge in [-0.25, -0.2) is 14.8 Å². The molecular weight excluding hydrogens is 484 g/mol. The van der Waals surface area contributed by atoms with Gasteiger partial charge in [-0.1, -0.05) is 20.3 Å². The molecule has 3 aliphatic heterocycles. The minimum atomic E-state index is -1.20. The third-order valence-electron chi connectivity index (χ3n) is 8.58. The molecule has 0 spiro atoms. The number of piperidine rings is 1. The van der Waals surface area contributed by atoms with Crippen LogP contribution in [0.4, 0.5) is 4.79 Å². The molecule has 3 N–H and O–H groups in total. The fraction of sp³-hybridized carbons (Fsp3) is 0.880. The number of thioether (sulfide) groups is 1. The van der Waals surface area contributed by atoms with Crippen LogP contribution in [0.2, 0.25) is 0 Å². The molecule has 1 aliphatic carbocycles. The number of hydrogen-bond acceptors (Lipinski definition) is 7. The van der Waals surface area contributed by atoms with Crippen LogP contribution in [-0.2, 0) is 14.3 Å². The molecule has 0 bridgehead atoms. The van der Waals surface area contributed by atoms with Gasteiger partial charge in [0.1, 0.15) is 11.5 Å².